The molecule has 0 spiro atoms. The van der Waals surface area contributed by atoms with Gasteiger partial charge in [-0.1, -0.05) is 6.58 Å². The maximum Gasteiger partial charge on any atom is 0.341 e. The fourth-order valence-corrected chi connectivity index (χ4v) is 4.39. The predicted octanol–water partition coefficient (Wildman–Crippen LogP) is 0.752. The van der Waals surface area contributed by atoms with Crippen molar-refractivity contribution in [2.24, 2.45) is 5.92 Å². The molecule has 4 aliphatic heterocycles. The topological polar surface area (TPSA) is 115 Å². The van der Waals surface area contributed by atoms with Gasteiger partial charge in [0.25, 0.3) is 0 Å². The maximum atomic E-state index is 12.7. The molecule has 154 valence electrons. The third kappa shape index (κ3) is 2.74. The first-order valence-corrected chi connectivity index (χ1v) is 9.48. The minimum atomic E-state index is -1.69. The molecule has 0 saturated carbocycles. The summed E-state index contributed by atoms with van der Waals surface area (Å²) in [6.07, 6.45) is -1.25. The average Bonchev–Trinajstić information content (AvgIpc) is 2.99. The van der Waals surface area contributed by atoms with Crippen molar-refractivity contribution in [3.05, 3.63) is 23.8 Å². The summed E-state index contributed by atoms with van der Waals surface area (Å²) in [5.41, 5.74) is -1.62. The summed E-state index contributed by atoms with van der Waals surface area (Å²) < 4.78 is 22.5. The summed E-state index contributed by atoms with van der Waals surface area (Å²) in [5.74, 6) is -3.47. The third-order valence-electron chi connectivity index (χ3n) is 6.68. The quantitative estimate of drug-likeness (QED) is 0.305. The molecule has 2 N–H and O–H groups in total. The molecule has 0 amide bonds. The lowest BCUT2D eigenvalue weighted by atomic mass is 9.80. The van der Waals surface area contributed by atoms with Crippen LogP contribution in [0.3, 0.4) is 0 Å². The standard InChI is InChI=1S/C20H26O8/c1-9-6-12-15(10(2)16(22)25-12)13(26-17(23)19(5)11(3)27-19)7-18(4)14(21)8-20(9,24)28-18/h6,11-15,21,24H,2,7-8H2,1,3-5H3/b9-6-/t11-,12+,13+,14-,15-,18+,19-,20+/m0/s1. The van der Waals surface area contributed by atoms with Crippen molar-refractivity contribution in [2.75, 3.05) is 0 Å². The van der Waals surface area contributed by atoms with Gasteiger partial charge < -0.3 is 29.2 Å². The number of aliphatic hydroxyl groups excluding tert-OH is 1. The van der Waals surface area contributed by atoms with Gasteiger partial charge in [-0.2, -0.15) is 0 Å². The molecule has 0 unspecified atom stereocenters. The number of carbonyl (C=O) groups excluding carboxylic acids is 2. The second kappa shape index (κ2) is 5.89. The van der Waals surface area contributed by atoms with Gasteiger partial charge in [-0.05, 0) is 39.3 Å². The molecule has 0 radical (unpaired) electrons. The molecule has 0 aromatic rings. The van der Waals surface area contributed by atoms with Gasteiger partial charge in [-0.3, -0.25) is 0 Å². The van der Waals surface area contributed by atoms with Crippen LogP contribution in [0.25, 0.3) is 0 Å². The number of hydrogen-bond acceptors (Lipinski definition) is 8. The van der Waals surface area contributed by atoms with E-state index in [-0.39, 0.29) is 24.5 Å². The zero-order valence-corrected chi connectivity index (χ0v) is 16.4. The summed E-state index contributed by atoms with van der Waals surface area (Å²) in [4.78, 5) is 24.9. The van der Waals surface area contributed by atoms with Gasteiger partial charge in [0.1, 0.15) is 12.2 Å². The Kier molecular flexibility index (Phi) is 4.11. The molecular weight excluding hydrogens is 368 g/mol. The molecule has 0 aromatic carbocycles. The van der Waals surface area contributed by atoms with Crippen molar-refractivity contribution in [3.8, 4) is 0 Å². The Morgan fingerprint density at radius 3 is 2.61 bits per heavy atom. The van der Waals surface area contributed by atoms with Crippen LogP contribution in [0.15, 0.2) is 23.8 Å². The highest BCUT2D eigenvalue weighted by molar-refractivity contribution is 5.91. The average molecular weight is 394 g/mol. The minimum Gasteiger partial charge on any atom is -0.459 e. The number of rotatable bonds is 2. The largest absolute Gasteiger partial charge is 0.459 e. The molecule has 8 atom stereocenters. The molecule has 4 heterocycles. The second-order valence-corrected chi connectivity index (χ2v) is 8.70. The van der Waals surface area contributed by atoms with Crippen molar-refractivity contribution >= 4 is 11.9 Å². The highest BCUT2D eigenvalue weighted by Crippen LogP contribution is 2.48. The number of ether oxygens (including phenoxy) is 4. The van der Waals surface area contributed by atoms with E-state index in [1.807, 2.05) is 0 Å². The Hall–Kier alpha value is -1.74. The molecule has 4 aliphatic rings. The zero-order chi connectivity index (χ0) is 20.6. The summed E-state index contributed by atoms with van der Waals surface area (Å²) in [6, 6.07) is 0. The van der Waals surface area contributed by atoms with E-state index in [0.717, 1.165) is 0 Å². The van der Waals surface area contributed by atoms with Gasteiger partial charge in [0.15, 0.2) is 11.4 Å². The molecule has 8 nitrogen and oxygen atoms in total. The number of hydrogen-bond donors (Lipinski definition) is 2. The van der Waals surface area contributed by atoms with E-state index in [9.17, 15) is 19.8 Å². The Morgan fingerprint density at radius 1 is 1.36 bits per heavy atom. The van der Waals surface area contributed by atoms with E-state index in [4.69, 9.17) is 18.9 Å². The Labute approximate surface area is 163 Å². The van der Waals surface area contributed by atoms with Crippen LogP contribution in [0, 0.1) is 5.92 Å². The molecular formula is C20H26O8. The van der Waals surface area contributed by atoms with Crippen LogP contribution in [-0.4, -0.2) is 63.6 Å². The van der Waals surface area contributed by atoms with Crippen molar-refractivity contribution in [1.29, 1.82) is 0 Å². The van der Waals surface area contributed by atoms with E-state index in [0.29, 0.717) is 5.57 Å². The molecule has 2 bridgehead atoms. The van der Waals surface area contributed by atoms with Crippen LogP contribution in [0.2, 0.25) is 0 Å². The fraction of sp³-hybridized carbons (Fsp3) is 0.700. The summed E-state index contributed by atoms with van der Waals surface area (Å²) >= 11 is 0. The molecule has 3 saturated heterocycles. The van der Waals surface area contributed by atoms with E-state index in [1.165, 1.54) is 0 Å². The van der Waals surface area contributed by atoms with Gasteiger partial charge in [-0.15, -0.1) is 0 Å². The first-order valence-electron chi connectivity index (χ1n) is 9.48. The summed E-state index contributed by atoms with van der Waals surface area (Å²) in [7, 11) is 0. The molecule has 8 heteroatoms. The fourth-order valence-electron chi connectivity index (χ4n) is 4.39. The van der Waals surface area contributed by atoms with Crippen molar-refractivity contribution in [2.45, 2.75) is 81.9 Å². The van der Waals surface area contributed by atoms with Crippen LogP contribution >= 0.6 is 0 Å². The van der Waals surface area contributed by atoms with E-state index in [2.05, 4.69) is 6.58 Å². The number of fused-ring (bicyclic) bond motifs is 3. The highest BCUT2D eigenvalue weighted by atomic mass is 16.7. The van der Waals surface area contributed by atoms with Crippen molar-refractivity contribution in [1.82, 2.24) is 0 Å². The Morgan fingerprint density at radius 2 is 2.00 bits per heavy atom. The molecule has 0 aromatic heterocycles. The van der Waals surface area contributed by atoms with E-state index < -0.39 is 53.2 Å². The molecule has 4 rings (SSSR count). The van der Waals surface area contributed by atoms with E-state index >= 15 is 0 Å². The smallest absolute Gasteiger partial charge is 0.341 e. The monoisotopic (exact) mass is 394 g/mol. The normalized spacial score (nSPS) is 51.9. The van der Waals surface area contributed by atoms with Crippen LogP contribution in [0.5, 0.6) is 0 Å². The lowest BCUT2D eigenvalue weighted by molar-refractivity contribution is -0.209. The second-order valence-electron chi connectivity index (χ2n) is 8.70. The van der Waals surface area contributed by atoms with Gasteiger partial charge in [0.05, 0.1) is 23.7 Å². The van der Waals surface area contributed by atoms with Crippen molar-refractivity contribution < 1.29 is 38.7 Å². The van der Waals surface area contributed by atoms with E-state index in [1.54, 1.807) is 33.8 Å². The molecule has 3 fully saturated rings. The van der Waals surface area contributed by atoms with Crippen LogP contribution in [0.1, 0.15) is 40.5 Å². The lowest BCUT2D eigenvalue weighted by Gasteiger charge is -2.34. The summed E-state index contributed by atoms with van der Waals surface area (Å²) in [6.45, 7) is 10.5. The van der Waals surface area contributed by atoms with Crippen LogP contribution in [0.4, 0.5) is 0 Å². The zero-order valence-electron chi connectivity index (χ0n) is 16.4. The minimum absolute atomic E-state index is 0.0311. The Bertz CT molecular complexity index is 789. The molecule has 0 aliphatic carbocycles. The SMILES string of the molecule is C=C1C(=O)O[C@@H]2/C=C(/C)[C@@]3(O)C[C@H](O)[C@@](C)(C[C@@H](OC(=O)[C@@]4(C)O[C@H]4C)[C@@H]12)O3. The number of carbonyl (C=O) groups is 2. The van der Waals surface area contributed by atoms with Gasteiger partial charge in [0.2, 0.25) is 0 Å². The first kappa shape index (κ1) is 19.6. The highest BCUT2D eigenvalue weighted by Gasteiger charge is 2.61. The summed E-state index contributed by atoms with van der Waals surface area (Å²) in [5, 5.41) is 21.5. The third-order valence-corrected chi connectivity index (χ3v) is 6.68. The number of esters is 2. The number of epoxide rings is 1. The van der Waals surface area contributed by atoms with Gasteiger partial charge in [-0.25, -0.2) is 9.59 Å². The first-order chi connectivity index (χ1) is 12.9. The predicted molar refractivity (Wildman–Crippen MR) is 94.8 cm³/mol. The Balaban J connectivity index is 1.74. The van der Waals surface area contributed by atoms with Crippen LogP contribution in [-0.2, 0) is 28.5 Å². The van der Waals surface area contributed by atoms with Gasteiger partial charge in [0, 0.05) is 18.4 Å². The number of aliphatic hydroxyl groups is 2. The molecule has 28 heavy (non-hydrogen) atoms. The maximum absolute atomic E-state index is 12.7. The van der Waals surface area contributed by atoms with Crippen molar-refractivity contribution in [3.63, 3.8) is 0 Å². The van der Waals surface area contributed by atoms with Crippen LogP contribution < -0.4 is 0 Å². The lowest BCUT2D eigenvalue weighted by Crippen LogP contribution is -2.45. The van der Waals surface area contributed by atoms with Gasteiger partial charge >= 0.3 is 11.9 Å².